The Kier molecular flexibility index (Phi) is 10.1. The largest absolute Gasteiger partial charge is 0.444 e. The third-order valence-corrected chi connectivity index (χ3v) is 7.87. The lowest BCUT2D eigenvalue weighted by Gasteiger charge is -2.40. The summed E-state index contributed by atoms with van der Waals surface area (Å²) in [6.45, 7) is 7.04. The molecule has 2 heterocycles. The van der Waals surface area contributed by atoms with E-state index in [2.05, 4.69) is 11.4 Å². The van der Waals surface area contributed by atoms with Crippen molar-refractivity contribution in [3.05, 3.63) is 92.9 Å². The first kappa shape index (κ1) is 31.3. The third kappa shape index (κ3) is 7.81. The molecule has 224 valence electrons. The van der Waals surface area contributed by atoms with Gasteiger partial charge in [0.15, 0.2) is 0 Å². The van der Waals surface area contributed by atoms with Crippen LogP contribution in [0.25, 0.3) is 11.1 Å². The van der Waals surface area contributed by atoms with Crippen molar-refractivity contribution in [1.82, 2.24) is 14.8 Å². The number of benzene rings is 2. The van der Waals surface area contributed by atoms with E-state index in [1.54, 1.807) is 28.8 Å². The number of hydrogen-bond donors (Lipinski definition) is 1. The minimum absolute atomic E-state index is 0.00364. The smallest absolute Gasteiger partial charge is 0.410 e. The molecule has 0 spiro atoms. The van der Waals surface area contributed by atoms with E-state index in [1.807, 2.05) is 63.2 Å². The maximum Gasteiger partial charge on any atom is 0.410 e. The molecule has 2 aromatic carbocycles. The standard InChI is InChI=1S/C33H40ClN3O5/c1-33(2,3)42-32(40)37-17-14-26(24-13-16-36(4)31(39)19-24)28(20-37)27-11-10-23(18-29(27)34)25-9-7-6-8-22(25)12-15-35-30(38)21-41-5/h6-11,13,16,18-19,26,28H,12,14-15,17,20-21H2,1-5H3,(H,35,38)/t26-,28+/m1/s1. The van der Waals surface area contributed by atoms with Crippen LogP contribution in [0.3, 0.4) is 0 Å². The second kappa shape index (κ2) is 13.6. The van der Waals surface area contributed by atoms with Crippen molar-refractivity contribution in [1.29, 1.82) is 0 Å². The lowest BCUT2D eigenvalue weighted by atomic mass is 9.76. The topological polar surface area (TPSA) is 89.9 Å². The Morgan fingerprint density at radius 1 is 1.07 bits per heavy atom. The van der Waals surface area contributed by atoms with Gasteiger partial charge in [-0.05, 0) is 79.5 Å². The lowest BCUT2D eigenvalue weighted by molar-refractivity contribution is -0.124. The Labute approximate surface area is 252 Å². The van der Waals surface area contributed by atoms with Gasteiger partial charge in [0.25, 0.3) is 5.56 Å². The SMILES string of the molecule is COCC(=O)NCCc1ccccc1-c1ccc([C@H]2CN(C(=O)OC(C)(C)C)CC[C@@H]2c2ccn(C)c(=O)c2)c(Cl)c1. The number of rotatable bonds is 8. The van der Waals surface area contributed by atoms with Crippen molar-refractivity contribution in [2.24, 2.45) is 7.05 Å². The Hall–Kier alpha value is -3.62. The maximum absolute atomic E-state index is 13.0. The van der Waals surface area contributed by atoms with Gasteiger partial charge in [0, 0.05) is 57.0 Å². The Morgan fingerprint density at radius 3 is 2.52 bits per heavy atom. The average molecular weight is 594 g/mol. The summed E-state index contributed by atoms with van der Waals surface area (Å²) in [5.41, 5.74) is 4.27. The van der Waals surface area contributed by atoms with Crippen molar-refractivity contribution >= 4 is 23.6 Å². The van der Waals surface area contributed by atoms with Gasteiger partial charge in [-0.15, -0.1) is 0 Å². The van der Waals surface area contributed by atoms with E-state index in [0.29, 0.717) is 37.5 Å². The molecule has 1 aromatic heterocycles. The predicted octanol–water partition coefficient (Wildman–Crippen LogP) is 5.52. The monoisotopic (exact) mass is 593 g/mol. The number of hydrogen-bond acceptors (Lipinski definition) is 5. The van der Waals surface area contributed by atoms with Crippen molar-refractivity contribution < 1.29 is 19.1 Å². The number of ether oxygens (including phenoxy) is 2. The predicted molar refractivity (Wildman–Crippen MR) is 165 cm³/mol. The van der Waals surface area contributed by atoms with Crippen molar-refractivity contribution in [2.45, 2.75) is 51.0 Å². The van der Waals surface area contributed by atoms with E-state index in [1.165, 1.54) is 7.11 Å². The quantitative estimate of drug-likeness (QED) is 0.371. The van der Waals surface area contributed by atoms with Gasteiger partial charge in [-0.25, -0.2) is 4.79 Å². The molecule has 0 radical (unpaired) electrons. The number of nitrogens with zero attached hydrogens (tertiary/aromatic N) is 2. The van der Waals surface area contributed by atoms with Crippen molar-refractivity contribution in [3.63, 3.8) is 0 Å². The minimum atomic E-state index is -0.603. The molecule has 0 bridgehead atoms. The molecule has 8 nitrogen and oxygen atoms in total. The van der Waals surface area contributed by atoms with Gasteiger partial charge < -0.3 is 24.3 Å². The highest BCUT2D eigenvalue weighted by atomic mass is 35.5. The number of carbonyl (C=O) groups excluding carboxylic acids is 2. The zero-order valence-electron chi connectivity index (χ0n) is 25.0. The summed E-state index contributed by atoms with van der Waals surface area (Å²) in [5.74, 6) is -0.281. The van der Waals surface area contributed by atoms with E-state index in [4.69, 9.17) is 21.1 Å². The van der Waals surface area contributed by atoms with Crippen LogP contribution < -0.4 is 10.9 Å². The molecular weight excluding hydrogens is 554 g/mol. The fourth-order valence-corrected chi connectivity index (χ4v) is 5.81. The minimum Gasteiger partial charge on any atom is -0.444 e. The number of likely N-dealkylation sites (tertiary alicyclic amines) is 1. The zero-order chi connectivity index (χ0) is 30.4. The molecule has 4 rings (SSSR count). The molecule has 1 saturated heterocycles. The molecule has 1 fully saturated rings. The fraction of sp³-hybridized carbons (Fsp3) is 0.424. The van der Waals surface area contributed by atoms with Crippen LogP contribution in [0, 0.1) is 0 Å². The first-order chi connectivity index (χ1) is 20.0. The summed E-state index contributed by atoms with van der Waals surface area (Å²) in [6, 6.07) is 17.8. The highest BCUT2D eigenvalue weighted by molar-refractivity contribution is 6.31. The molecule has 0 unspecified atom stereocenters. The summed E-state index contributed by atoms with van der Waals surface area (Å²) >= 11 is 7.02. The first-order valence-corrected chi connectivity index (χ1v) is 14.6. The van der Waals surface area contributed by atoms with Gasteiger partial charge >= 0.3 is 6.09 Å². The van der Waals surface area contributed by atoms with Crippen LogP contribution in [0.2, 0.25) is 5.02 Å². The number of amides is 2. The summed E-state index contributed by atoms with van der Waals surface area (Å²) in [6.07, 6.45) is 2.76. The summed E-state index contributed by atoms with van der Waals surface area (Å²) < 4.78 is 12.1. The lowest BCUT2D eigenvalue weighted by Crippen LogP contribution is -2.44. The highest BCUT2D eigenvalue weighted by Gasteiger charge is 2.36. The van der Waals surface area contributed by atoms with Gasteiger partial charge in [-0.2, -0.15) is 0 Å². The van der Waals surface area contributed by atoms with Crippen LogP contribution in [0.1, 0.15) is 55.7 Å². The van der Waals surface area contributed by atoms with Crippen LogP contribution >= 0.6 is 11.6 Å². The van der Waals surface area contributed by atoms with Gasteiger partial charge in [0.05, 0.1) is 0 Å². The Bertz CT molecular complexity index is 1480. The van der Waals surface area contributed by atoms with Gasteiger partial charge in [-0.3, -0.25) is 9.59 Å². The maximum atomic E-state index is 13.0. The number of aryl methyl sites for hydroxylation is 1. The third-order valence-electron chi connectivity index (χ3n) is 7.54. The Morgan fingerprint density at radius 2 is 1.83 bits per heavy atom. The molecule has 9 heteroatoms. The van der Waals surface area contributed by atoms with E-state index >= 15 is 0 Å². The molecule has 1 N–H and O–H groups in total. The summed E-state index contributed by atoms with van der Waals surface area (Å²) in [5, 5.41) is 3.47. The van der Waals surface area contributed by atoms with Crippen LogP contribution in [0.5, 0.6) is 0 Å². The van der Waals surface area contributed by atoms with Gasteiger partial charge in [-0.1, -0.05) is 48.0 Å². The zero-order valence-corrected chi connectivity index (χ0v) is 25.7. The van der Waals surface area contributed by atoms with E-state index < -0.39 is 5.60 Å². The normalized spacial score (nSPS) is 17.1. The molecular formula is C33H40ClN3O5. The second-order valence-corrected chi connectivity index (χ2v) is 12.2. The molecule has 2 amide bonds. The van der Waals surface area contributed by atoms with E-state index in [0.717, 1.165) is 27.8 Å². The number of nitrogens with one attached hydrogen (secondary N) is 1. The number of halogens is 1. The summed E-state index contributed by atoms with van der Waals surface area (Å²) in [7, 11) is 3.23. The van der Waals surface area contributed by atoms with Crippen LogP contribution in [0.4, 0.5) is 4.79 Å². The molecule has 1 aliphatic heterocycles. The van der Waals surface area contributed by atoms with Crippen LogP contribution in [-0.4, -0.2) is 60.4 Å². The fourth-order valence-electron chi connectivity index (χ4n) is 5.49. The molecule has 3 aromatic rings. The molecule has 2 atom stereocenters. The second-order valence-electron chi connectivity index (χ2n) is 11.8. The first-order valence-electron chi connectivity index (χ1n) is 14.2. The number of carbonyl (C=O) groups is 2. The van der Waals surface area contributed by atoms with Crippen LogP contribution in [-0.2, 0) is 27.7 Å². The number of pyridine rings is 1. The molecule has 1 aliphatic rings. The van der Waals surface area contributed by atoms with E-state index in [9.17, 15) is 14.4 Å². The van der Waals surface area contributed by atoms with Crippen molar-refractivity contribution in [2.75, 3.05) is 33.4 Å². The molecule has 0 saturated carbocycles. The van der Waals surface area contributed by atoms with Crippen molar-refractivity contribution in [3.8, 4) is 11.1 Å². The van der Waals surface area contributed by atoms with Crippen LogP contribution in [0.15, 0.2) is 65.6 Å². The Balaban J connectivity index is 1.64. The number of aromatic nitrogens is 1. The molecule has 0 aliphatic carbocycles. The summed E-state index contributed by atoms with van der Waals surface area (Å²) in [4.78, 5) is 39.1. The van der Waals surface area contributed by atoms with E-state index in [-0.39, 0.29) is 36.0 Å². The molecule has 42 heavy (non-hydrogen) atoms. The number of methoxy groups -OCH3 is 1. The highest BCUT2D eigenvalue weighted by Crippen LogP contribution is 2.43. The average Bonchev–Trinajstić information content (AvgIpc) is 2.94. The number of piperidine rings is 1. The van der Waals surface area contributed by atoms with Gasteiger partial charge in [0.1, 0.15) is 12.2 Å². The van der Waals surface area contributed by atoms with Gasteiger partial charge in [0.2, 0.25) is 5.91 Å².